The van der Waals surface area contributed by atoms with Crippen molar-refractivity contribution in [2.75, 3.05) is 5.32 Å². The van der Waals surface area contributed by atoms with Crippen LogP contribution in [0.15, 0.2) is 90.0 Å². The molecule has 2 heterocycles. The zero-order valence-corrected chi connectivity index (χ0v) is 16.8. The maximum Gasteiger partial charge on any atom is 0.258 e. The van der Waals surface area contributed by atoms with Crippen LogP contribution in [0.3, 0.4) is 0 Å². The number of carbonyl (C=O) groups is 1. The van der Waals surface area contributed by atoms with Crippen LogP contribution in [0.2, 0.25) is 5.02 Å². The van der Waals surface area contributed by atoms with Gasteiger partial charge >= 0.3 is 0 Å². The van der Waals surface area contributed by atoms with Crippen LogP contribution in [0, 0.1) is 0 Å². The van der Waals surface area contributed by atoms with Crippen LogP contribution >= 0.6 is 11.6 Å². The highest BCUT2D eigenvalue weighted by atomic mass is 35.5. The Labute approximate surface area is 178 Å². The van der Waals surface area contributed by atoms with Gasteiger partial charge in [0.1, 0.15) is 0 Å². The third kappa shape index (κ3) is 4.67. The lowest BCUT2D eigenvalue weighted by molar-refractivity contribution is 0.102. The van der Waals surface area contributed by atoms with Gasteiger partial charge in [0.2, 0.25) is 0 Å². The monoisotopic (exact) mass is 418 g/mol. The van der Waals surface area contributed by atoms with Crippen molar-refractivity contribution in [2.24, 2.45) is 0 Å². The molecule has 1 N–H and O–H groups in total. The van der Waals surface area contributed by atoms with Gasteiger partial charge in [0.25, 0.3) is 11.5 Å². The maximum atomic E-state index is 12.7. The SMILES string of the molecule is O=C(Nc1ccn(Cc2ccccc2)n1)c1ccc(=O)n(Cc2ccccc2Cl)c1. The number of amides is 1. The Morgan fingerprint density at radius 3 is 2.50 bits per heavy atom. The summed E-state index contributed by atoms with van der Waals surface area (Å²) in [7, 11) is 0. The number of benzene rings is 2. The first-order valence-corrected chi connectivity index (χ1v) is 9.79. The Morgan fingerprint density at radius 1 is 0.933 bits per heavy atom. The fraction of sp³-hybridized carbons (Fsp3) is 0.0870. The van der Waals surface area contributed by atoms with Gasteiger partial charge in [-0.05, 0) is 23.3 Å². The minimum absolute atomic E-state index is 0.210. The smallest absolute Gasteiger partial charge is 0.258 e. The molecule has 0 aliphatic rings. The molecule has 0 saturated carbocycles. The van der Waals surface area contributed by atoms with E-state index in [0.717, 1.165) is 11.1 Å². The highest BCUT2D eigenvalue weighted by Gasteiger charge is 2.11. The summed E-state index contributed by atoms with van der Waals surface area (Å²) in [6, 6.07) is 21.9. The van der Waals surface area contributed by atoms with Crippen molar-refractivity contribution in [2.45, 2.75) is 13.1 Å². The van der Waals surface area contributed by atoms with Gasteiger partial charge in [-0.2, -0.15) is 5.10 Å². The summed E-state index contributed by atoms with van der Waals surface area (Å²) in [5.74, 6) is 0.104. The predicted molar refractivity (Wildman–Crippen MR) is 117 cm³/mol. The van der Waals surface area contributed by atoms with E-state index in [9.17, 15) is 9.59 Å². The van der Waals surface area contributed by atoms with E-state index in [-0.39, 0.29) is 18.0 Å². The molecule has 4 aromatic rings. The van der Waals surface area contributed by atoms with E-state index in [1.54, 1.807) is 23.0 Å². The molecular formula is C23H19ClN4O2. The molecule has 0 saturated heterocycles. The average Bonchev–Trinajstić information content (AvgIpc) is 3.18. The highest BCUT2D eigenvalue weighted by molar-refractivity contribution is 6.31. The summed E-state index contributed by atoms with van der Waals surface area (Å²) in [5, 5.41) is 7.74. The zero-order chi connectivity index (χ0) is 20.9. The van der Waals surface area contributed by atoms with Crippen LogP contribution in [0.25, 0.3) is 0 Å². The van der Waals surface area contributed by atoms with E-state index >= 15 is 0 Å². The molecule has 0 aliphatic heterocycles. The molecule has 1 amide bonds. The van der Waals surface area contributed by atoms with Gasteiger partial charge in [-0.1, -0.05) is 60.1 Å². The third-order valence-corrected chi connectivity index (χ3v) is 4.98. The van der Waals surface area contributed by atoms with Crippen molar-refractivity contribution < 1.29 is 4.79 Å². The Morgan fingerprint density at radius 2 is 1.70 bits per heavy atom. The van der Waals surface area contributed by atoms with Gasteiger partial charge in [-0.3, -0.25) is 14.3 Å². The molecule has 4 rings (SSSR count). The van der Waals surface area contributed by atoms with Crippen molar-refractivity contribution in [3.05, 3.63) is 117 Å². The second-order valence-corrected chi connectivity index (χ2v) is 7.22. The van der Waals surface area contributed by atoms with E-state index in [2.05, 4.69) is 10.4 Å². The summed E-state index contributed by atoms with van der Waals surface area (Å²) in [6.45, 7) is 0.894. The molecule has 6 nitrogen and oxygen atoms in total. The normalized spacial score (nSPS) is 10.7. The molecule has 0 radical (unpaired) electrons. The van der Waals surface area contributed by atoms with Gasteiger partial charge in [0.15, 0.2) is 5.82 Å². The number of carbonyl (C=O) groups excluding carboxylic acids is 1. The topological polar surface area (TPSA) is 68.9 Å². The molecule has 0 aliphatic carbocycles. The second-order valence-electron chi connectivity index (χ2n) is 6.81. The number of nitrogens with zero attached hydrogens (tertiary/aromatic N) is 3. The van der Waals surface area contributed by atoms with Crippen LogP contribution < -0.4 is 10.9 Å². The van der Waals surface area contributed by atoms with E-state index in [4.69, 9.17) is 11.6 Å². The molecule has 0 unspecified atom stereocenters. The molecule has 0 atom stereocenters. The van der Waals surface area contributed by atoms with Crippen molar-refractivity contribution >= 4 is 23.3 Å². The van der Waals surface area contributed by atoms with E-state index < -0.39 is 0 Å². The molecule has 30 heavy (non-hydrogen) atoms. The Bertz CT molecular complexity index is 1230. The zero-order valence-electron chi connectivity index (χ0n) is 16.0. The molecule has 2 aromatic carbocycles. The quantitative estimate of drug-likeness (QED) is 0.513. The fourth-order valence-corrected chi connectivity index (χ4v) is 3.27. The molecule has 7 heteroatoms. The standard InChI is InChI=1S/C23H19ClN4O2/c24-20-9-5-4-8-18(20)15-27-16-19(10-11-22(27)29)23(30)25-21-12-13-28(26-21)14-17-6-2-1-3-7-17/h1-13,16H,14-15H2,(H,25,26,30). The molecule has 150 valence electrons. The first-order valence-electron chi connectivity index (χ1n) is 9.41. The van der Waals surface area contributed by atoms with Crippen molar-refractivity contribution in [3.63, 3.8) is 0 Å². The molecule has 0 spiro atoms. The fourth-order valence-electron chi connectivity index (χ4n) is 3.07. The minimum atomic E-state index is -0.340. The number of hydrogen-bond acceptors (Lipinski definition) is 3. The third-order valence-electron chi connectivity index (χ3n) is 4.61. The number of pyridine rings is 1. The second kappa shape index (κ2) is 8.80. The van der Waals surface area contributed by atoms with Gasteiger partial charge in [0, 0.05) is 29.5 Å². The number of hydrogen-bond donors (Lipinski definition) is 1. The van der Waals surface area contributed by atoms with Gasteiger partial charge in [0.05, 0.1) is 18.7 Å². The van der Waals surface area contributed by atoms with Crippen LogP contribution in [0.5, 0.6) is 0 Å². The minimum Gasteiger partial charge on any atom is -0.310 e. The van der Waals surface area contributed by atoms with E-state index in [1.807, 2.05) is 48.5 Å². The lowest BCUT2D eigenvalue weighted by atomic mass is 10.2. The van der Waals surface area contributed by atoms with Crippen LogP contribution in [-0.4, -0.2) is 20.3 Å². The number of anilines is 1. The molecule has 0 fully saturated rings. The Hall–Kier alpha value is -3.64. The van der Waals surface area contributed by atoms with Crippen LogP contribution in [-0.2, 0) is 13.1 Å². The summed E-state index contributed by atoms with van der Waals surface area (Å²) in [6.07, 6.45) is 3.34. The van der Waals surface area contributed by atoms with E-state index in [1.165, 1.54) is 22.9 Å². The number of halogens is 1. The number of nitrogens with one attached hydrogen (secondary N) is 1. The molecule has 0 bridgehead atoms. The highest BCUT2D eigenvalue weighted by Crippen LogP contribution is 2.16. The van der Waals surface area contributed by atoms with Crippen LogP contribution in [0.1, 0.15) is 21.5 Å². The lowest BCUT2D eigenvalue weighted by Crippen LogP contribution is -2.22. The number of aromatic nitrogens is 3. The van der Waals surface area contributed by atoms with Gasteiger partial charge < -0.3 is 9.88 Å². The maximum absolute atomic E-state index is 12.7. The lowest BCUT2D eigenvalue weighted by Gasteiger charge is -2.09. The van der Waals surface area contributed by atoms with Gasteiger partial charge in [-0.15, -0.1) is 0 Å². The number of rotatable bonds is 6. The van der Waals surface area contributed by atoms with Crippen molar-refractivity contribution in [1.82, 2.24) is 14.3 Å². The average molecular weight is 419 g/mol. The first kappa shape index (κ1) is 19.7. The predicted octanol–water partition coefficient (Wildman–Crippen LogP) is 4.05. The van der Waals surface area contributed by atoms with Crippen molar-refractivity contribution in [3.8, 4) is 0 Å². The largest absolute Gasteiger partial charge is 0.310 e. The summed E-state index contributed by atoms with van der Waals surface area (Å²) in [4.78, 5) is 24.9. The van der Waals surface area contributed by atoms with E-state index in [0.29, 0.717) is 22.9 Å². The Kier molecular flexibility index (Phi) is 5.77. The molecule has 2 aromatic heterocycles. The van der Waals surface area contributed by atoms with Gasteiger partial charge in [-0.25, -0.2) is 0 Å². The first-order chi connectivity index (χ1) is 14.6. The summed E-state index contributed by atoms with van der Waals surface area (Å²) < 4.78 is 3.22. The van der Waals surface area contributed by atoms with Crippen molar-refractivity contribution in [1.29, 1.82) is 0 Å². The van der Waals surface area contributed by atoms with Crippen LogP contribution in [0.4, 0.5) is 5.82 Å². The molecular weight excluding hydrogens is 400 g/mol. The summed E-state index contributed by atoms with van der Waals surface area (Å²) >= 11 is 6.19. The Balaban J connectivity index is 1.47. The summed E-state index contributed by atoms with van der Waals surface area (Å²) in [5.41, 5.74) is 2.07.